The Bertz CT molecular complexity index is 1580. The lowest BCUT2D eigenvalue weighted by atomic mass is 9.85. The fraction of sp³-hybridized carbons (Fsp3) is 0.500. The summed E-state index contributed by atoms with van der Waals surface area (Å²) in [5.41, 5.74) is 3.28. The number of rotatable bonds is 15. The van der Waals surface area contributed by atoms with E-state index in [1.54, 1.807) is 9.47 Å². The number of carbonyl (C=O) groups excluding carboxylic acids is 3. The van der Waals surface area contributed by atoms with Crippen LogP contribution >= 0.6 is 0 Å². The molecule has 1 saturated carbocycles. The molecular formula is C34H46N4O6S. The highest BCUT2D eigenvalue weighted by Crippen LogP contribution is 2.26. The number of nitrogens with zero attached hydrogens (tertiary/aromatic N) is 2. The number of aromatic nitrogens is 1. The molecule has 0 atom stereocenters. The topological polar surface area (TPSA) is 138 Å². The van der Waals surface area contributed by atoms with Crippen LogP contribution in [0.1, 0.15) is 81.3 Å². The molecule has 4 rings (SSSR count). The molecular weight excluding hydrogens is 592 g/mol. The van der Waals surface area contributed by atoms with Crippen LogP contribution in [0, 0.1) is 5.92 Å². The van der Waals surface area contributed by atoms with Gasteiger partial charge in [-0.25, -0.2) is 0 Å². The molecule has 3 amide bonds. The molecule has 0 aliphatic heterocycles. The highest BCUT2D eigenvalue weighted by atomic mass is 32.2. The van der Waals surface area contributed by atoms with E-state index in [0.717, 1.165) is 41.4 Å². The third-order valence-corrected chi connectivity index (χ3v) is 9.45. The smallest absolute Gasteiger partial charge is 0.268 e. The van der Waals surface area contributed by atoms with Gasteiger partial charge in [-0.2, -0.15) is 8.42 Å². The van der Waals surface area contributed by atoms with E-state index in [2.05, 4.69) is 17.6 Å². The molecule has 3 N–H and O–H groups in total. The predicted molar refractivity (Wildman–Crippen MR) is 177 cm³/mol. The van der Waals surface area contributed by atoms with Gasteiger partial charge in [-0.15, -0.1) is 0 Å². The lowest BCUT2D eigenvalue weighted by molar-refractivity contribution is -0.126. The third kappa shape index (κ3) is 9.64. The molecule has 0 radical (unpaired) electrons. The first kappa shape index (κ1) is 34.2. The van der Waals surface area contributed by atoms with E-state index in [1.165, 1.54) is 0 Å². The summed E-state index contributed by atoms with van der Waals surface area (Å²) in [4.78, 5) is 41.7. The minimum atomic E-state index is -3.91. The number of unbranched alkanes of at least 4 members (excludes halogenated alkanes) is 3. The summed E-state index contributed by atoms with van der Waals surface area (Å²) in [5.74, 6) is -0.637. The number of fused-ring (bicyclic) bond motifs is 1. The van der Waals surface area contributed by atoms with Crippen LogP contribution in [0.5, 0.6) is 0 Å². The van der Waals surface area contributed by atoms with E-state index >= 15 is 0 Å². The van der Waals surface area contributed by atoms with Gasteiger partial charge in [-0.3, -0.25) is 18.9 Å². The molecule has 45 heavy (non-hydrogen) atoms. The van der Waals surface area contributed by atoms with Crippen molar-refractivity contribution in [3.8, 4) is 0 Å². The van der Waals surface area contributed by atoms with E-state index in [0.29, 0.717) is 57.3 Å². The molecule has 11 heteroatoms. The van der Waals surface area contributed by atoms with Gasteiger partial charge in [0, 0.05) is 41.6 Å². The number of hydrogen-bond donors (Lipinski definition) is 3. The normalized spacial score (nSPS) is 16.8. The number of amides is 3. The number of anilines is 1. The van der Waals surface area contributed by atoms with Gasteiger partial charge in [-0.1, -0.05) is 50.1 Å². The van der Waals surface area contributed by atoms with Gasteiger partial charge in [0.05, 0.1) is 5.75 Å². The number of aryl methyl sites for hydroxylation is 1. The molecule has 244 valence electrons. The van der Waals surface area contributed by atoms with Gasteiger partial charge in [0.15, 0.2) is 0 Å². The summed E-state index contributed by atoms with van der Waals surface area (Å²) in [5, 5.41) is 7.04. The maximum atomic E-state index is 13.6. The Hall–Kier alpha value is -3.70. The highest BCUT2D eigenvalue weighted by molar-refractivity contribution is 7.85. The average Bonchev–Trinajstić information content (AvgIpc) is 3.39. The largest absolute Gasteiger partial charge is 0.356 e. The second kappa shape index (κ2) is 16.0. The first-order valence-corrected chi connectivity index (χ1v) is 17.7. The Morgan fingerprint density at radius 1 is 0.933 bits per heavy atom. The van der Waals surface area contributed by atoms with Crippen molar-refractivity contribution in [2.45, 2.75) is 84.2 Å². The van der Waals surface area contributed by atoms with Gasteiger partial charge >= 0.3 is 0 Å². The van der Waals surface area contributed by atoms with Crippen molar-refractivity contribution in [1.82, 2.24) is 15.2 Å². The van der Waals surface area contributed by atoms with Crippen molar-refractivity contribution in [3.63, 3.8) is 0 Å². The van der Waals surface area contributed by atoms with Crippen LogP contribution < -0.4 is 15.5 Å². The summed E-state index contributed by atoms with van der Waals surface area (Å²) >= 11 is 0. The Balaban J connectivity index is 1.32. The van der Waals surface area contributed by atoms with Gasteiger partial charge < -0.3 is 20.1 Å². The van der Waals surface area contributed by atoms with E-state index in [4.69, 9.17) is 4.55 Å². The van der Waals surface area contributed by atoms with Crippen molar-refractivity contribution >= 4 is 44.4 Å². The molecule has 0 spiro atoms. The molecule has 1 fully saturated rings. The number of carbonyl (C=O) groups is 3. The number of likely N-dealkylation sites (N-methyl/N-ethyl adjacent to an activating group) is 1. The lowest BCUT2D eigenvalue weighted by Crippen LogP contribution is -2.42. The van der Waals surface area contributed by atoms with Gasteiger partial charge in [-0.05, 0) is 81.7 Å². The molecule has 0 saturated heterocycles. The maximum absolute atomic E-state index is 13.6. The first-order chi connectivity index (χ1) is 21.6. The van der Waals surface area contributed by atoms with Crippen LogP contribution in [-0.2, 0) is 32.7 Å². The molecule has 10 nitrogen and oxygen atoms in total. The predicted octanol–water partition coefficient (Wildman–Crippen LogP) is 5.11. The zero-order valence-corrected chi connectivity index (χ0v) is 27.2. The molecule has 1 aliphatic rings. The van der Waals surface area contributed by atoms with Gasteiger partial charge in [0.1, 0.15) is 12.2 Å². The highest BCUT2D eigenvalue weighted by Gasteiger charge is 2.28. The van der Waals surface area contributed by atoms with Crippen molar-refractivity contribution in [1.29, 1.82) is 0 Å². The fourth-order valence-corrected chi connectivity index (χ4v) is 6.68. The molecule has 2 aromatic carbocycles. The number of nitrogens with one attached hydrogen (secondary N) is 2. The van der Waals surface area contributed by atoms with Gasteiger partial charge in [0.2, 0.25) is 11.8 Å². The summed E-state index contributed by atoms with van der Waals surface area (Å²) < 4.78 is 32.2. The number of benzene rings is 2. The minimum absolute atomic E-state index is 0.0151. The molecule has 1 heterocycles. The quantitative estimate of drug-likeness (QED) is 0.156. The SMILES string of the molecule is CCc1cccc(N(CC)C(=O)Cn2c(C(=O)NC3CCC(C(=O)NCCCCCCS(=O)(=O)O)CC3)cc3ccccc32)c1. The van der Waals surface area contributed by atoms with Crippen LogP contribution in [0.3, 0.4) is 0 Å². The fourth-order valence-electron chi connectivity index (χ4n) is 6.11. The Labute approximate surface area is 266 Å². The Kier molecular flexibility index (Phi) is 12.2. The van der Waals surface area contributed by atoms with Crippen LogP contribution in [0.15, 0.2) is 54.6 Å². The Morgan fingerprint density at radius 3 is 2.38 bits per heavy atom. The average molecular weight is 639 g/mol. The van der Waals surface area contributed by atoms with Crippen LogP contribution in [-0.4, -0.2) is 60.1 Å². The second-order valence-electron chi connectivity index (χ2n) is 11.8. The van der Waals surface area contributed by atoms with Gasteiger partial charge in [0.25, 0.3) is 16.0 Å². The second-order valence-corrected chi connectivity index (χ2v) is 13.4. The zero-order valence-electron chi connectivity index (χ0n) is 26.3. The van der Waals surface area contributed by atoms with E-state index < -0.39 is 10.1 Å². The monoisotopic (exact) mass is 638 g/mol. The lowest BCUT2D eigenvalue weighted by Gasteiger charge is -2.28. The summed E-state index contributed by atoms with van der Waals surface area (Å²) in [7, 11) is -3.91. The number of para-hydroxylation sites is 1. The maximum Gasteiger partial charge on any atom is 0.268 e. The standard InChI is InChI=1S/C34H46N4O6S/c1-3-25-12-11-14-29(22-25)37(4-2)32(39)24-38-30-15-8-7-13-27(30)23-31(38)34(41)36-28-18-16-26(17-19-28)33(40)35-20-9-5-6-10-21-45(42,43)44/h7-8,11-15,22-23,26,28H,3-6,9-10,16-21,24H2,1-2H3,(H,35,40)(H,36,41)(H,42,43,44). The van der Waals surface area contributed by atoms with E-state index in [9.17, 15) is 22.8 Å². The Morgan fingerprint density at radius 2 is 1.67 bits per heavy atom. The van der Waals surface area contributed by atoms with E-state index in [1.807, 2.05) is 61.5 Å². The molecule has 0 unspecified atom stereocenters. The summed E-state index contributed by atoms with van der Waals surface area (Å²) in [6.07, 6.45) is 6.22. The van der Waals surface area contributed by atoms with E-state index in [-0.39, 0.29) is 42.0 Å². The van der Waals surface area contributed by atoms with Crippen LogP contribution in [0.25, 0.3) is 10.9 Å². The van der Waals surface area contributed by atoms with Crippen LogP contribution in [0.2, 0.25) is 0 Å². The van der Waals surface area contributed by atoms with Crippen molar-refractivity contribution in [2.24, 2.45) is 5.92 Å². The van der Waals surface area contributed by atoms with Crippen molar-refractivity contribution in [2.75, 3.05) is 23.7 Å². The van der Waals surface area contributed by atoms with Crippen molar-refractivity contribution < 1.29 is 27.4 Å². The minimum Gasteiger partial charge on any atom is -0.356 e. The number of hydrogen-bond acceptors (Lipinski definition) is 5. The third-order valence-electron chi connectivity index (χ3n) is 8.65. The summed E-state index contributed by atoms with van der Waals surface area (Å²) in [6.45, 7) is 5.12. The molecule has 1 aromatic heterocycles. The zero-order chi connectivity index (χ0) is 32.4. The van der Waals surface area contributed by atoms with Crippen molar-refractivity contribution in [3.05, 3.63) is 65.9 Å². The molecule has 1 aliphatic carbocycles. The van der Waals surface area contributed by atoms with Crippen LogP contribution in [0.4, 0.5) is 5.69 Å². The molecule has 3 aromatic rings. The summed E-state index contributed by atoms with van der Waals surface area (Å²) in [6, 6.07) is 17.5. The first-order valence-electron chi connectivity index (χ1n) is 16.1. The molecule has 0 bridgehead atoms.